The summed E-state index contributed by atoms with van der Waals surface area (Å²) >= 11 is 0. The topological polar surface area (TPSA) is 18.0 Å². The third-order valence-electron chi connectivity index (χ3n) is 20.0. The van der Waals surface area contributed by atoms with Crippen LogP contribution in [0.5, 0.6) is 0 Å². The third-order valence-corrected chi connectivity index (χ3v) is 20.0. The summed E-state index contributed by atoms with van der Waals surface area (Å²) in [6.07, 6.45) is 0. The van der Waals surface area contributed by atoms with Crippen LogP contribution < -0.4 is 4.90 Å². The van der Waals surface area contributed by atoms with Crippen LogP contribution >= 0.6 is 0 Å². The number of rotatable bonds is 3. The van der Waals surface area contributed by atoms with E-state index in [1.807, 2.05) is 0 Å². The monoisotopic (exact) mass is 1210 g/mol. The first-order chi connectivity index (χ1) is 47.0. The molecular formula is C91H60N4. The average molecular weight is 1210 g/mol. The lowest BCUT2D eigenvalue weighted by Gasteiger charge is -2.26. The summed E-state index contributed by atoms with van der Waals surface area (Å²) in [6.45, 7) is 0. The van der Waals surface area contributed by atoms with E-state index in [1.54, 1.807) is 0 Å². The first-order valence-corrected chi connectivity index (χ1v) is 32.7. The van der Waals surface area contributed by atoms with E-state index in [1.165, 1.54) is 149 Å². The Balaban J connectivity index is 0.741. The van der Waals surface area contributed by atoms with E-state index in [4.69, 9.17) is 0 Å². The van der Waals surface area contributed by atoms with E-state index < -0.39 is 0 Å². The van der Waals surface area contributed by atoms with Gasteiger partial charge in [-0.1, -0.05) is 212 Å². The molecule has 0 fully saturated rings. The molecule has 3 aromatic heterocycles. The van der Waals surface area contributed by atoms with Crippen LogP contribution in [0.2, 0.25) is 0 Å². The van der Waals surface area contributed by atoms with Crippen molar-refractivity contribution in [3.63, 3.8) is 0 Å². The number of para-hydroxylation sites is 3. The fraction of sp³-hybridized carbons (Fsp3) is 0.0110. The van der Waals surface area contributed by atoms with E-state index in [2.05, 4.69) is 371 Å². The Morgan fingerprint density at radius 2 is 0.337 bits per heavy atom. The van der Waals surface area contributed by atoms with Crippen LogP contribution in [0.15, 0.2) is 346 Å². The first-order valence-electron chi connectivity index (χ1n) is 32.7. The number of hydrogen-bond acceptors (Lipinski definition) is 1. The highest BCUT2D eigenvalue weighted by molar-refractivity contribution is 6.14. The van der Waals surface area contributed by atoms with Gasteiger partial charge >= 0.3 is 0 Å². The molecule has 0 amide bonds. The molecular weight excluding hydrogens is 1150 g/mol. The number of aromatic nitrogens is 3. The van der Waals surface area contributed by atoms with Crippen molar-refractivity contribution in [1.82, 2.24) is 13.7 Å². The molecule has 0 radical (unpaired) electrons. The van der Waals surface area contributed by atoms with Crippen molar-refractivity contribution in [2.45, 2.75) is 0 Å². The average Bonchev–Trinajstić information content (AvgIpc) is 1.61. The summed E-state index contributed by atoms with van der Waals surface area (Å²) in [5.41, 5.74) is 31.6. The van der Waals surface area contributed by atoms with Crippen LogP contribution in [0, 0.1) is 0 Å². The lowest BCUT2D eigenvalue weighted by atomic mass is 9.96. The Hall–Kier alpha value is -12.5. The standard InChI is InChI=1S/C91H60N4/c1-92-86-47-37-69-53-80(86)81-54-70(38-48-87(81)92)65-25-27-66(28-26-65)72-40-50-90-84(56-72)85-58-74(42-52-91(85)95(90)77-15-9-4-10-16-77)68-31-29-67(30-32-68)73-41-51-89-83(57-73)82-55-71(39-49-88(82)94(89)76-13-7-3-8-14-76)64-23-19-60(20-24-64)62-35-45-79(46-36-62)93(75-11-5-2-6-12-75)78-43-33-61(34-44-78)59-17-21-63(69)22-18-59/h2-58H,1H3. The van der Waals surface area contributed by atoms with Gasteiger partial charge < -0.3 is 18.6 Å². The van der Waals surface area contributed by atoms with Crippen molar-refractivity contribution in [3.05, 3.63) is 346 Å². The molecule has 0 N–H and O–H groups in total. The Bertz CT molecular complexity index is 6000. The highest BCUT2D eigenvalue weighted by Gasteiger charge is 2.20. The van der Waals surface area contributed by atoms with Gasteiger partial charge in [-0.25, -0.2) is 0 Å². The minimum atomic E-state index is 1.09. The zero-order valence-electron chi connectivity index (χ0n) is 52.2. The van der Waals surface area contributed by atoms with Crippen LogP contribution in [0.3, 0.4) is 0 Å². The summed E-state index contributed by atoms with van der Waals surface area (Å²) in [6, 6.07) is 128. The zero-order valence-corrected chi connectivity index (χ0v) is 52.2. The van der Waals surface area contributed by atoms with E-state index >= 15 is 0 Å². The molecule has 0 aliphatic carbocycles. The molecule has 95 heavy (non-hydrogen) atoms. The van der Waals surface area contributed by atoms with Gasteiger partial charge in [0.15, 0.2) is 0 Å². The van der Waals surface area contributed by atoms with Crippen LogP contribution in [-0.4, -0.2) is 13.7 Å². The molecule has 27 rings (SSSR count). The molecule has 12 heterocycles. The largest absolute Gasteiger partial charge is 0.344 e. The molecule has 15 aromatic carbocycles. The quantitative estimate of drug-likeness (QED) is 0.172. The zero-order chi connectivity index (χ0) is 62.7. The Morgan fingerprint density at radius 3 is 0.589 bits per heavy atom. The van der Waals surface area contributed by atoms with Crippen molar-refractivity contribution < 1.29 is 0 Å². The maximum Gasteiger partial charge on any atom is 0.0541 e. The van der Waals surface area contributed by atoms with E-state index in [9.17, 15) is 0 Å². The maximum atomic E-state index is 2.41. The van der Waals surface area contributed by atoms with Crippen LogP contribution in [-0.2, 0) is 7.05 Å². The molecule has 4 nitrogen and oxygen atoms in total. The Kier molecular flexibility index (Phi) is 12.5. The lowest BCUT2D eigenvalue weighted by molar-refractivity contribution is 1.01. The number of fused-ring (bicyclic) bond motifs is 2. The highest BCUT2D eigenvalue weighted by atomic mass is 15.1. The molecule has 18 aromatic rings. The summed E-state index contributed by atoms with van der Waals surface area (Å²) in [7, 11) is 2.18. The lowest BCUT2D eigenvalue weighted by Crippen LogP contribution is -2.09. The highest BCUT2D eigenvalue weighted by Crippen LogP contribution is 2.43. The van der Waals surface area contributed by atoms with E-state index in [0.29, 0.717) is 0 Å². The molecule has 0 unspecified atom stereocenters. The van der Waals surface area contributed by atoms with Crippen molar-refractivity contribution in [1.29, 1.82) is 0 Å². The number of anilines is 3. The molecule has 0 saturated carbocycles. The van der Waals surface area contributed by atoms with Gasteiger partial charge in [0, 0.05) is 78.8 Å². The molecule has 0 atom stereocenters. The summed E-state index contributed by atoms with van der Waals surface area (Å²) in [5, 5.41) is 7.38. The molecule has 9 aliphatic rings. The summed E-state index contributed by atoms with van der Waals surface area (Å²) in [5.74, 6) is 0. The predicted molar refractivity (Wildman–Crippen MR) is 401 cm³/mol. The number of aryl methyl sites for hydroxylation is 1. The fourth-order valence-electron chi connectivity index (χ4n) is 15.1. The van der Waals surface area contributed by atoms with Crippen molar-refractivity contribution in [2.24, 2.45) is 7.05 Å². The minimum Gasteiger partial charge on any atom is -0.344 e. The smallest absolute Gasteiger partial charge is 0.0541 e. The van der Waals surface area contributed by atoms with Crippen LogP contribution in [0.25, 0.3) is 166 Å². The van der Waals surface area contributed by atoms with Gasteiger partial charge in [0.1, 0.15) is 0 Å². The fourth-order valence-corrected chi connectivity index (χ4v) is 15.1. The van der Waals surface area contributed by atoms with Crippen LogP contribution in [0.4, 0.5) is 17.1 Å². The second kappa shape index (κ2) is 21.8. The van der Waals surface area contributed by atoms with Gasteiger partial charge in [-0.15, -0.1) is 0 Å². The number of benzene rings is 15. The predicted octanol–water partition coefficient (Wildman–Crippen LogP) is 24.6. The molecule has 0 spiro atoms. The molecule has 4 heteroatoms. The summed E-state index contributed by atoms with van der Waals surface area (Å²) < 4.78 is 7.15. The van der Waals surface area contributed by atoms with Crippen molar-refractivity contribution >= 4 is 82.5 Å². The molecule has 24 bridgehead atoms. The van der Waals surface area contributed by atoms with Gasteiger partial charge in [-0.05, 0) is 222 Å². The number of hydrogen-bond donors (Lipinski definition) is 0. The van der Waals surface area contributed by atoms with E-state index in [-0.39, 0.29) is 0 Å². The number of nitrogens with zero attached hydrogens (tertiary/aromatic N) is 4. The van der Waals surface area contributed by atoms with E-state index in [0.717, 1.165) is 34.0 Å². The van der Waals surface area contributed by atoms with Crippen molar-refractivity contribution in [2.75, 3.05) is 4.90 Å². The summed E-state index contributed by atoms with van der Waals surface area (Å²) in [4.78, 5) is 2.34. The minimum absolute atomic E-state index is 1.09. The van der Waals surface area contributed by atoms with Crippen LogP contribution in [0.1, 0.15) is 0 Å². The normalized spacial score (nSPS) is 12.0. The van der Waals surface area contributed by atoms with Crippen molar-refractivity contribution in [3.8, 4) is 100 Å². The second-order valence-corrected chi connectivity index (χ2v) is 25.4. The van der Waals surface area contributed by atoms with Gasteiger partial charge in [-0.3, -0.25) is 0 Å². The molecule has 0 saturated heterocycles. The SMILES string of the molecule is Cn1c2ccc3cc2c2cc(ccc21)-c1ccc(cc1)-c1ccc2c(c1)c1cc(ccc1n2-c1ccccc1)-c1ccc(cc1)-c1ccc2c(c1)c1cc(ccc1n2-c1ccccc1)-c1ccc(cc1)-c1ccc(cc1)N(c1ccccc1)c1ccc(cc1)-c1ccc-3cc1. The van der Waals surface area contributed by atoms with Gasteiger partial charge in [-0.2, -0.15) is 0 Å². The second-order valence-electron chi connectivity index (χ2n) is 25.4. The Labute approximate surface area is 551 Å². The first kappa shape index (κ1) is 54.3. The van der Waals surface area contributed by atoms with Gasteiger partial charge in [0.2, 0.25) is 0 Å². The Morgan fingerprint density at radius 1 is 0.158 bits per heavy atom. The maximum absolute atomic E-state index is 2.41. The third kappa shape index (κ3) is 9.13. The molecule has 9 aliphatic heterocycles. The van der Waals surface area contributed by atoms with Gasteiger partial charge in [0.25, 0.3) is 0 Å². The van der Waals surface area contributed by atoms with Gasteiger partial charge in [0.05, 0.1) is 22.1 Å². The molecule has 444 valence electrons.